The summed E-state index contributed by atoms with van der Waals surface area (Å²) >= 11 is 0. The molecule has 0 heterocycles. The number of ether oxygens (including phenoxy) is 1. The zero-order valence-corrected chi connectivity index (χ0v) is 20.2. The Morgan fingerprint density at radius 3 is 2.16 bits per heavy atom. The molecule has 1 saturated carbocycles. The molecule has 1 atom stereocenters. The SMILES string of the molecule is CCCCC(F)(F)C(=O)CCC1CCC(=O)C1.CCCCCCCCC(=O)OC(C)C. The van der Waals surface area contributed by atoms with Gasteiger partial charge < -0.3 is 4.74 Å². The van der Waals surface area contributed by atoms with Crippen molar-refractivity contribution < 1.29 is 27.9 Å². The molecule has 1 fully saturated rings. The molecule has 1 aliphatic rings. The number of halogens is 2. The topological polar surface area (TPSA) is 60.4 Å². The molecule has 6 heteroatoms. The zero-order valence-electron chi connectivity index (χ0n) is 20.2. The van der Waals surface area contributed by atoms with E-state index < -0.39 is 11.7 Å². The Labute approximate surface area is 187 Å². The van der Waals surface area contributed by atoms with Crippen molar-refractivity contribution in [2.45, 2.75) is 136 Å². The largest absolute Gasteiger partial charge is 0.463 e. The van der Waals surface area contributed by atoms with Crippen molar-refractivity contribution in [1.82, 2.24) is 0 Å². The Morgan fingerprint density at radius 1 is 1.00 bits per heavy atom. The van der Waals surface area contributed by atoms with Gasteiger partial charge in [0.1, 0.15) is 5.78 Å². The fourth-order valence-electron chi connectivity index (χ4n) is 3.57. The molecule has 0 spiro atoms. The quantitative estimate of drug-likeness (QED) is 0.197. The highest BCUT2D eigenvalue weighted by atomic mass is 19.3. The molecule has 0 saturated heterocycles. The molecule has 0 aromatic rings. The predicted octanol–water partition coefficient (Wildman–Crippen LogP) is 7.22. The highest BCUT2D eigenvalue weighted by Crippen LogP contribution is 2.30. The normalized spacial score (nSPS) is 16.2. The number of hydrogen-bond donors (Lipinski definition) is 0. The summed E-state index contributed by atoms with van der Waals surface area (Å²) in [6, 6.07) is 0. The molecular formula is C25H44F2O4. The average Bonchev–Trinajstić information content (AvgIpc) is 3.12. The monoisotopic (exact) mass is 446 g/mol. The molecule has 0 aliphatic heterocycles. The molecule has 0 bridgehead atoms. The number of ketones is 2. The minimum Gasteiger partial charge on any atom is -0.463 e. The minimum atomic E-state index is -3.17. The van der Waals surface area contributed by atoms with E-state index in [-0.39, 0.29) is 36.6 Å². The van der Waals surface area contributed by atoms with E-state index >= 15 is 0 Å². The number of esters is 1. The molecule has 0 amide bonds. The third kappa shape index (κ3) is 16.0. The van der Waals surface area contributed by atoms with Gasteiger partial charge in [0.15, 0.2) is 0 Å². The fraction of sp³-hybridized carbons (Fsp3) is 0.880. The van der Waals surface area contributed by atoms with Crippen LogP contribution in [0, 0.1) is 5.92 Å². The van der Waals surface area contributed by atoms with E-state index in [9.17, 15) is 23.2 Å². The molecule has 1 rings (SSSR count). The number of alkyl halides is 2. The minimum absolute atomic E-state index is 0.0302. The van der Waals surface area contributed by atoms with Crippen LogP contribution in [0.2, 0.25) is 0 Å². The van der Waals surface area contributed by atoms with E-state index in [0.717, 1.165) is 19.3 Å². The fourth-order valence-corrected chi connectivity index (χ4v) is 3.57. The number of rotatable bonds is 15. The Bertz CT molecular complexity index is 518. The molecule has 1 aliphatic carbocycles. The second kappa shape index (κ2) is 17.3. The standard InChI is InChI=1S/C13H20F2O2.C12H24O2/c1-2-3-8-13(14,15)12(17)7-5-10-4-6-11(16)9-10;1-4-5-6-7-8-9-10-12(13)14-11(2)3/h10H,2-9H2,1H3;11H,4-10H2,1-3H3. The van der Waals surface area contributed by atoms with Crippen molar-refractivity contribution in [2.75, 3.05) is 0 Å². The Kier molecular flexibility index (Phi) is 16.5. The van der Waals surface area contributed by atoms with Crippen LogP contribution in [0.15, 0.2) is 0 Å². The van der Waals surface area contributed by atoms with Gasteiger partial charge in [0.25, 0.3) is 0 Å². The van der Waals surface area contributed by atoms with Crippen LogP contribution in [-0.4, -0.2) is 29.6 Å². The first-order valence-corrected chi connectivity index (χ1v) is 12.2. The summed E-state index contributed by atoms with van der Waals surface area (Å²) in [6.45, 7) is 7.81. The van der Waals surface area contributed by atoms with Crippen molar-refractivity contribution in [3.05, 3.63) is 0 Å². The first-order valence-electron chi connectivity index (χ1n) is 12.2. The van der Waals surface area contributed by atoms with Gasteiger partial charge in [-0.1, -0.05) is 52.4 Å². The number of Topliss-reactive ketones (excluding diaryl/α,β-unsaturated/α-hetero) is 2. The van der Waals surface area contributed by atoms with Gasteiger partial charge >= 0.3 is 11.9 Å². The maximum absolute atomic E-state index is 13.3. The van der Waals surface area contributed by atoms with E-state index in [1.54, 1.807) is 0 Å². The summed E-state index contributed by atoms with van der Waals surface area (Å²) < 4.78 is 31.7. The first kappa shape index (κ1) is 29.7. The molecule has 31 heavy (non-hydrogen) atoms. The summed E-state index contributed by atoms with van der Waals surface area (Å²) in [6.07, 6.45) is 10.7. The van der Waals surface area contributed by atoms with E-state index in [0.29, 0.717) is 38.5 Å². The molecule has 0 N–H and O–H groups in total. The lowest BCUT2D eigenvalue weighted by molar-refractivity contribution is -0.147. The average molecular weight is 447 g/mol. The van der Waals surface area contributed by atoms with Gasteiger partial charge in [-0.25, -0.2) is 0 Å². The lowest BCUT2D eigenvalue weighted by atomic mass is 9.96. The summed E-state index contributed by atoms with van der Waals surface area (Å²) in [4.78, 5) is 33.5. The number of hydrogen-bond acceptors (Lipinski definition) is 4. The van der Waals surface area contributed by atoms with Gasteiger partial charge in [0.05, 0.1) is 6.10 Å². The van der Waals surface area contributed by atoms with Gasteiger partial charge in [-0.2, -0.15) is 8.78 Å². The Hall–Kier alpha value is -1.33. The smallest absolute Gasteiger partial charge is 0.306 e. The highest BCUT2D eigenvalue weighted by molar-refractivity contribution is 5.85. The van der Waals surface area contributed by atoms with E-state index in [2.05, 4.69) is 6.92 Å². The second-order valence-corrected chi connectivity index (χ2v) is 8.97. The van der Waals surface area contributed by atoms with Crippen LogP contribution in [0.3, 0.4) is 0 Å². The number of unbranched alkanes of at least 4 members (excludes halogenated alkanes) is 6. The first-order chi connectivity index (χ1) is 14.6. The molecule has 0 radical (unpaired) electrons. The number of carbonyl (C=O) groups is 3. The lowest BCUT2D eigenvalue weighted by Gasteiger charge is -2.15. The van der Waals surface area contributed by atoms with Crippen LogP contribution < -0.4 is 0 Å². The molecule has 4 nitrogen and oxygen atoms in total. The van der Waals surface area contributed by atoms with Crippen LogP contribution in [-0.2, 0) is 19.1 Å². The van der Waals surface area contributed by atoms with Gasteiger partial charge in [-0.05, 0) is 45.4 Å². The van der Waals surface area contributed by atoms with Gasteiger partial charge in [-0.15, -0.1) is 0 Å². The third-order valence-corrected chi connectivity index (χ3v) is 5.48. The van der Waals surface area contributed by atoms with Crippen LogP contribution in [0.5, 0.6) is 0 Å². The molecule has 1 unspecified atom stereocenters. The number of carbonyl (C=O) groups excluding carboxylic acids is 3. The molecule has 0 aromatic heterocycles. The highest BCUT2D eigenvalue weighted by Gasteiger charge is 2.37. The maximum Gasteiger partial charge on any atom is 0.306 e. The lowest BCUT2D eigenvalue weighted by Crippen LogP contribution is -2.28. The van der Waals surface area contributed by atoms with Crippen molar-refractivity contribution in [2.24, 2.45) is 5.92 Å². The Morgan fingerprint density at radius 2 is 1.61 bits per heavy atom. The van der Waals surface area contributed by atoms with Crippen LogP contribution in [0.4, 0.5) is 8.78 Å². The van der Waals surface area contributed by atoms with Crippen molar-refractivity contribution in [3.63, 3.8) is 0 Å². The summed E-state index contributed by atoms with van der Waals surface area (Å²) in [5, 5.41) is 0. The third-order valence-electron chi connectivity index (χ3n) is 5.48. The molecular weight excluding hydrogens is 402 g/mol. The predicted molar refractivity (Wildman–Crippen MR) is 120 cm³/mol. The van der Waals surface area contributed by atoms with Gasteiger partial charge in [-0.3, -0.25) is 14.4 Å². The summed E-state index contributed by atoms with van der Waals surface area (Å²) in [7, 11) is 0. The van der Waals surface area contributed by atoms with Crippen molar-refractivity contribution >= 4 is 17.5 Å². The summed E-state index contributed by atoms with van der Waals surface area (Å²) in [5.74, 6) is -3.83. The van der Waals surface area contributed by atoms with Gasteiger partial charge in [0, 0.05) is 32.1 Å². The van der Waals surface area contributed by atoms with Crippen LogP contribution in [0.1, 0.15) is 124 Å². The van der Waals surface area contributed by atoms with E-state index in [4.69, 9.17) is 4.74 Å². The van der Waals surface area contributed by atoms with Crippen LogP contribution >= 0.6 is 0 Å². The zero-order chi connectivity index (χ0) is 23.7. The van der Waals surface area contributed by atoms with E-state index in [1.165, 1.54) is 25.7 Å². The maximum atomic E-state index is 13.3. The molecule has 0 aromatic carbocycles. The molecule has 182 valence electrons. The van der Waals surface area contributed by atoms with Crippen molar-refractivity contribution in [1.29, 1.82) is 0 Å². The summed E-state index contributed by atoms with van der Waals surface area (Å²) in [5.41, 5.74) is 0. The van der Waals surface area contributed by atoms with Gasteiger partial charge in [0.2, 0.25) is 5.78 Å². The van der Waals surface area contributed by atoms with Crippen molar-refractivity contribution in [3.8, 4) is 0 Å². The van der Waals surface area contributed by atoms with Crippen LogP contribution in [0.25, 0.3) is 0 Å². The van der Waals surface area contributed by atoms with E-state index in [1.807, 2.05) is 20.8 Å². The second-order valence-electron chi connectivity index (χ2n) is 8.97. The Balaban J connectivity index is 0.000000594.